The Morgan fingerprint density at radius 2 is 0.915 bits per heavy atom. The molecule has 1 heteroatoms. The van der Waals surface area contributed by atoms with E-state index in [4.69, 9.17) is 14.0 Å². The number of rotatable bonds is 3. The highest BCUT2D eigenvalue weighted by Crippen LogP contribution is 2.45. The second-order valence-electron chi connectivity index (χ2n) is 11.6. The van der Waals surface area contributed by atoms with Gasteiger partial charge in [-0.3, -0.25) is 0 Å². The largest absolute Gasteiger partial charge is 0.456 e. The Balaban J connectivity index is 1.26. The first-order valence-electron chi connectivity index (χ1n) is 20.8. The molecule has 1 nitrogen and oxygen atoms in total. The fraction of sp³-hybridized carbons (Fsp3) is 0. The smallest absolute Gasteiger partial charge is 0.136 e. The van der Waals surface area contributed by atoms with Gasteiger partial charge in [0.05, 0.1) is 15.1 Å². The van der Waals surface area contributed by atoms with E-state index in [1.54, 1.807) is 0 Å². The van der Waals surface area contributed by atoms with Gasteiger partial charge in [0.25, 0.3) is 0 Å². The van der Waals surface area contributed by atoms with Crippen LogP contribution in [0.3, 0.4) is 0 Å². The van der Waals surface area contributed by atoms with Gasteiger partial charge in [-0.1, -0.05) is 133 Å². The van der Waals surface area contributed by atoms with Crippen molar-refractivity contribution in [1.82, 2.24) is 0 Å². The molecule has 0 spiro atoms. The SMILES string of the molecule is [2H]c1c([2H])c([2H])c(-c2c([2H])c([2H])c3c([2H])c(-c4c5ccccc5c(-c5ccc6c(c5)oc5cc7ccccc7cc56)c5ccccc45)c([2H])c([2H])c3c2[2H])c([2H])c1[2H]. The maximum absolute atomic E-state index is 9.61. The van der Waals surface area contributed by atoms with Crippen LogP contribution in [0.5, 0.6) is 0 Å². The first-order valence-corrected chi connectivity index (χ1v) is 15.3. The number of fused-ring (bicyclic) bond motifs is 7. The van der Waals surface area contributed by atoms with Crippen molar-refractivity contribution in [2.75, 3.05) is 0 Å². The van der Waals surface area contributed by atoms with Gasteiger partial charge in [-0.25, -0.2) is 0 Å². The summed E-state index contributed by atoms with van der Waals surface area (Å²) in [5, 5.41) is 6.71. The topological polar surface area (TPSA) is 13.1 Å². The average Bonchev–Trinajstić information content (AvgIpc) is 3.59. The molecule has 0 N–H and O–H groups in total. The lowest BCUT2D eigenvalue weighted by atomic mass is 9.85. The molecule has 9 aromatic carbocycles. The Hall–Kier alpha value is -6.18. The van der Waals surface area contributed by atoms with Crippen LogP contribution in [0.4, 0.5) is 0 Å². The van der Waals surface area contributed by atoms with Crippen molar-refractivity contribution in [3.8, 4) is 33.4 Å². The molecule has 0 radical (unpaired) electrons. The maximum atomic E-state index is 9.61. The molecule has 10 rings (SSSR count). The van der Waals surface area contributed by atoms with Crippen LogP contribution in [0, 0.1) is 0 Å². The monoisotopic (exact) mass is 607 g/mol. The van der Waals surface area contributed by atoms with Gasteiger partial charge in [-0.05, 0) is 113 Å². The van der Waals surface area contributed by atoms with Crippen molar-refractivity contribution < 1.29 is 19.5 Å². The molecule has 0 fully saturated rings. The summed E-state index contributed by atoms with van der Waals surface area (Å²) in [7, 11) is 0. The minimum absolute atomic E-state index is 0.0547. The van der Waals surface area contributed by atoms with Gasteiger partial charge < -0.3 is 4.42 Å². The third kappa shape index (κ3) is 4.10. The third-order valence-corrected chi connectivity index (χ3v) is 8.93. The van der Waals surface area contributed by atoms with Crippen molar-refractivity contribution >= 4 is 65.0 Å². The Bertz CT molecular complexity index is 3390. The minimum Gasteiger partial charge on any atom is -0.456 e. The third-order valence-electron chi connectivity index (χ3n) is 8.93. The second-order valence-corrected chi connectivity index (χ2v) is 11.6. The van der Waals surface area contributed by atoms with E-state index in [2.05, 4.69) is 36.4 Å². The zero-order chi connectivity index (χ0) is 40.5. The van der Waals surface area contributed by atoms with Crippen LogP contribution >= 0.6 is 0 Å². The van der Waals surface area contributed by atoms with Crippen molar-refractivity contribution in [2.45, 2.75) is 0 Å². The molecule has 0 amide bonds. The van der Waals surface area contributed by atoms with E-state index in [1.165, 1.54) is 0 Å². The Kier molecular flexibility index (Phi) is 3.79. The van der Waals surface area contributed by atoms with Crippen LogP contribution in [-0.2, 0) is 0 Å². The molecule has 47 heavy (non-hydrogen) atoms. The highest BCUT2D eigenvalue weighted by Gasteiger charge is 2.18. The normalized spacial score (nSPS) is 15.1. The van der Waals surface area contributed by atoms with Crippen molar-refractivity contribution in [2.24, 2.45) is 0 Å². The summed E-state index contributed by atoms with van der Waals surface area (Å²) in [4.78, 5) is 0. The van der Waals surface area contributed by atoms with E-state index in [-0.39, 0.29) is 28.4 Å². The van der Waals surface area contributed by atoms with Gasteiger partial charge in [0.2, 0.25) is 0 Å². The number of hydrogen-bond donors (Lipinski definition) is 0. The van der Waals surface area contributed by atoms with Gasteiger partial charge in [0.15, 0.2) is 0 Å². The Labute approximate surface area is 287 Å². The number of furan rings is 1. The first-order chi connectivity index (χ1) is 27.9. The Morgan fingerprint density at radius 1 is 0.362 bits per heavy atom. The summed E-state index contributed by atoms with van der Waals surface area (Å²) in [5.74, 6) is 0. The summed E-state index contributed by atoms with van der Waals surface area (Å²) in [6.45, 7) is 0. The zero-order valence-electron chi connectivity index (χ0n) is 35.7. The highest BCUT2D eigenvalue weighted by molar-refractivity contribution is 6.22. The van der Waals surface area contributed by atoms with Crippen molar-refractivity contribution in [1.29, 1.82) is 0 Å². The number of benzene rings is 9. The quantitative estimate of drug-likeness (QED) is 0.182. The van der Waals surface area contributed by atoms with E-state index in [0.29, 0.717) is 16.3 Å². The lowest BCUT2D eigenvalue weighted by molar-refractivity contribution is 0.669. The lowest BCUT2D eigenvalue weighted by Crippen LogP contribution is -1.91. The van der Waals surface area contributed by atoms with Crippen LogP contribution in [-0.4, -0.2) is 0 Å². The molecular weight excluding hydrogens is 569 g/mol. The van der Waals surface area contributed by atoms with E-state index < -0.39 is 65.5 Å². The maximum Gasteiger partial charge on any atom is 0.136 e. The predicted octanol–water partition coefficient (Wildman–Crippen LogP) is 13.2. The predicted molar refractivity (Wildman–Crippen MR) is 200 cm³/mol. The fourth-order valence-corrected chi connectivity index (χ4v) is 6.83. The molecular formula is C46H28O. The molecule has 0 atom stereocenters. The van der Waals surface area contributed by atoms with E-state index in [0.717, 1.165) is 54.6 Å². The van der Waals surface area contributed by atoms with Crippen LogP contribution in [0.25, 0.3) is 98.4 Å². The Morgan fingerprint density at radius 3 is 1.60 bits per heavy atom. The molecule has 0 aliphatic heterocycles. The average molecular weight is 608 g/mol. The van der Waals surface area contributed by atoms with Gasteiger partial charge in [0.1, 0.15) is 11.2 Å². The van der Waals surface area contributed by atoms with Gasteiger partial charge in [-0.2, -0.15) is 0 Å². The number of hydrogen-bond acceptors (Lipinski definition) is 1. The second kappa shape index (κ2) is 10.2. The summed E-state index contributed by atoms with van der Waals surface area (Å²) < 4.78 is 104. The fourth-order valence-electron chi connectivity index (χ4n) is 6.83. The summed E-state index contributed by atoms with van der Waals surface area (Å²) in [6.07, 6.45) is 0. The highest BCUT2D eigenvalue weighted by atomic mass is 16.3. The molecule has 0 saturated carbocycles. The van der Waals surface area contributed by atoms with Gasteiger partial charge >= 0.3 is 0 Å². The standard InChI is InChI=1S/C46H28O/c1-2-10-29(11-3-1)32-18-19-34-25-35(21-20-33(34)24-32)45-38-14-6-8-16-40(38)46(41-17-9-7-15-39(41)45)36-22-23-37-42-26-30-12-4-5-13-31(30)27-44(42)47-43(37)28-36/h1-28H/i1D,2D,3D,10D,11D,18D,19D,20D,21D,24D,25D. The molecule has 0 aliphatic carbocycles. The summed E-state index contributed by atoms with van der Waals surface area (Å²) >= 11 is 0. The molecule has 0 unspecified atom stereocenters. The van der Waals surface area contributed by atoms with Gasteiger partial charge in [0, 0.05) is 10.8 Å². The van der Waals surface area contributed by atoms with E-state index in [1.807, 2.05) is 66.7 Å². The van der Waals surface area contributed by atoms with Crippen molar-refractivity contribution in [3.05, 3.63) is 170 Å². The minimum atomic E-state index is -0.668. The zero-order valence-corrected chi connectivity index (χ0v) is 24.7. The van der Waals surface area contributed by atoms with Gasteiger partial charge in [-0.15, -0.1) is 0 Å². The molecule has 0 aliphatic rings. The van der Waals surface area contributed by atoms with Crippen LogP contribution in [0.1, 0.15) is 15.1 Å². The lowest BCUT2D eigenvalue weighted by Gasteiger charge is -2.18. The van der Waals surface area contributed by atoms with Crippen LogP contribution in [0.15, 0.2) is 174 Å². The van der Waals surface area contributed by atoms with Crippen LogP contribution in [0.2, 0.25) is 0 Å². The van der Waals surface area contributed by atoms with Crippen molar-refractivity contribution in [3.63, 3.8) is 0 Å². The summed E-state index contributed by atoms with van der Waals surface area (Å²) in [5.41, 5.74) is 2.97. The molecule has 1 heterocycles. The molecule has 1 aromatic heterocycles. The van der Waals surface area contributed by atoms with E-state index >= 15 is 0 Å². The first kappa shape index (κ1) is 17.5. The molecule has 10 aromatic rings. The molecule has 0 bridgehead atoms. The van der Waals surface area contributed by atoms with E-state index in [9.17, 15) is 5.48 Å². The summed E-state index contributed by atoms with van der Waals surface area (Å²) in [6, 6.07) is 27.6. The van der Waals surface area contributed by atoms with Crippen LogP contribution < -0.4 is 0 Å². The molecule has 0 saturated heterocycles. The molecule has 218 valence electrons.